The molecule has 0 unspecified atom stereocenters. The van der Waals surface area contributed by atoms with E-state index >= 15 is 0 Å². The Kier molecular flexibility index (Phi) is 3.63. The number of aromatic amines is 1. The van der Waals surface area contributed by atoms with Crippen molar-refractivity contribution in [1.29, 1.82) is 0 Å². The van der Waals surface area contributed by atoms with Crippen molar-refractivity contribution < 1.29 is 9.53 Å². The summed E-state index contributed by atoms with van der Waals surface area (Å²) >= 11 is 4.85. The predicted molar refractivity (Wildman–Crippen MR) is 84.9 cm³/mol. The Bertz CT molecular complexity index is 775. The summed E-state index contributed by atoms with van der Waals surface area (Å²) < 4.78 is 6.46. The van der Waals surface area contributed by atoms with Gasteiger partial charge in [-0.05, 0) is 46.4 Å². The van der Waals surface area contributed by atoms with Gasteiger partial charge in [0.15, 0.2) is 0 Å². The second kappa shape index (κ2) is 5.42. The SMILES string of the molecule is CCOc1cccc2[nH]cc(C(=O)c3sccc3Br)c12. The number of carbonyl (C=O) groups is 1. The number of H-pyrrole nitrogens is 1. The van der Waals surface area contributed by atoms with Crippen LogP contribution in [0.5, 0.6) is 5.75 Å². The van der Waals surface area contributed by atoms with Gasteiger partial charge < -0.3 is 9.72 Å². The number of rotatable bonds is 4. The Morgan fingerprint density at radius 2 is 2.25 bits per heavy atom. The zero-order valence-electron chi connectivity index (χ0n) is 10.8. The first-order valence-electron chi connectivity index (χ1n) is 6.23. The van der Waals surface area contributed by atoms with Crippen molar-refractivity contribution in [2.24, 2.45) is 0 Å². The highest BCUT2D eigenvalue weighted by Crippen LogP contribution is 2.33. The van der Waals surface area contributed by atoms with Crippen LogP contribution in [0.2, 0.25) is 0 Å². The minimum absolute atomic E-state index is 0.00489. The lowest BCUT2D eigenvalue weighted by Gasteiger charge is -2.06. The molecule has 1 aromatic carbocycles. The summed E-state index contributed by atoms with van der Waals surface area (Å²) in [6.07, 6.45) is 1.75. The van der Waals surface area contributed by atoms with Crippen molar-refractivity contribution in [2.45, 2.75) is 6.92 Å². The fraction of sp³-hybridized carbons (Fsp3) is 0.133. The van der Waals surface area contributed by atoms with Gasteiger partial charge in [0.25, 0.3) is 0 Å². The number of hydrogen-bond donors (Lipinski definition) is 1. The standard InChI is InChI=1S/C15H12BrNO2S/c1-2-19-12-5-3-4-11-13(12)9(8-17-11)14(18)15-10(16)6-7-20-15/h3-8,17H,2H2,1H3. The van der Waals surface area contributed by atoms with Gasteiger partial charge in [0.2, 0.25) is 5.78 Å². The summed E-state index contributed by atoms with van der Waals surface area (Å²) in [5.41, 5.74) is 1.55. The maximum atomic E-state index is 12.7. The molecule has 0 saturated heterocycles. The molecule has 2 aromatic heterocycles. The highest BCUT2D eigenvalue weighted by Gasteiger charge is 2.20. The molecule has 0 atom stereocenters. The molecule has 3 rings (SSSR count). The molecule has 3 nitrogen and oxygen atoms in total. The van der Waals surface area contributed by atoms with Crippen molar-refractivity contribution in [3.8, 4) is 5.75 Å². The maximum Gasteiger partial charge on any atom is 0.206 e. The Labute approximate surface area is 128 Å². The van der Waals surface area contributed by atoms with Crippen LogP contribution < -0.4 is 4.74 Å². The summed E-state index contributed by atoms with van der Waals surface area (Å²) in [7, 11) is 0. The van der Waals surface area contributed by atoms with Gasteiger partial charge >= 0.3 is 0 Å². The van der Waals surface area contributed by atoms with E-state index in [0.717, 1.165) is 21.1 Å². The molecule has 0 aliphatic carbocycles. The zero-order chi connectivity index (χ0) is 14.1. The molecule has 0 aliphatic heterocycles. The van der Waals surface area contributed by atoms with E-state index in [4.69, 9.17) is 4.74 Å². The van der Waals surface area contributed by atoms with Gasteiger partial charge in [-0.1, -0.05) is 6.07 Å². The third-order valence-corrected chi connectivity index (χ3v) is 4.87. The van der Waals surface area contributed by atoms with E-state index in [0.29, 0.717) is 17.0 Å². The van der Waals surface area contributed by atoms with Gasteiger partial charge in [0.1, 0.15) is 5.75 Å². The van der Waals surface area contributed by atoms with Crippen molar-refractivity contribution in [1.82, 2.24) is 4.98 Å². The first-order valence-corrected chi connectivity index (χ1v) is 7.90. The van der Waals surface area contributed by atoms with Crippen molar-refractivity contribution in [3.05, 3.63) is 50.8 Å². The number of hydrogen-bond acceptors (Lipinski definition) is 3. The minimum Gasteiger partial charge on any atom is -0.493 e. The van der Waals surface area contributed by atoms with E-state index in [1.165, 1.54) is 11.3 Å². The molecule has 0 aliphatic rings. The van der Waals surface area contributed by atoms with Crippen molar-refractivity contribution in [2.75, 3.05) is 6.61 Å². The van der Waals surface area contributed by atoms with Crippen LogP contribution in [0, 0.1) is 0 Å². The van der Waals surface area contributed by atoms with E-state index in [1.54, 1.807) is 6.20 Å². The predicted octanol–water partition coefficient (Wildman–Crippen LogP) is 4.62. The van der Waals surface area contributed by atoms with E-state index in [-0.39, 0.29) is 5.78 Å². The number of ketones is 1. The smallest absolute Gasteiger partial charge is 0.206 e. The third-order valence-electron chi connectivity index (χ3n) is 3.04. The topological polar surface area (TPSA) is 42.1 Å². The number of fused-ring (bicyclic) bond motifs is 1. The second-order valence-corrected chi connectivity index (χ2v) is 6.01. The second-order valence-electron chi connectivity index (χ2n) is 4.24. The Balaban J connectivity index is 2.17. The number of halogens is 1. The molecule has 102 valence electrons. The molecule has 2 heterocycles. The first-order chi connectivity index (χ1) is 9.72. The van der Waals surface area contributed by atoms with Gasteiger partial charge in [0, 0.05) is 16.2 Å². The van der Waals surface area contributed by atoms with Crippen LogP contribution in [-0.4, -0.2) is 17.4 Å². The van der Waals surface area contributed by atoms with Crippen LogP contribution in [0.4, 0.5) is 0 Å². The van der Waals surface area contributed by atoms with Gasteiger partial charge in [-0.15, -0.1) is 11.3 Å². The molecule has 0 spiro atoms. The average Bonchev–Trinajstić information content (AvgIpc) is 3.05. The number of aromatic nitrogens is 1. The summed E-state index contributed by atoms with van der Waals surface area (Å²) in [6, 6.07) is 7.63. The van der Waals surface area contributed by atoms with Crippen molar-refractivity contribution >= 4 is 44.0 Å². The Morgan fingerprint density at radius 1 is 1.40 bits per heavy atom. The molecular weight excluding hydrogens is 338 g/mol. The van der Waals surface area contributed by atoms with Crippen LogP contribution in [0.15, 0.2) is 40.3 Å². The quantitative estimate of drug-likeness (QED) is 0.698. The minimum atomic E-state index is 0.00489. The van der Waals surface area contributed by atoms with E-state index in [1.807, 2.05) is 36.6 Å². The monoisotopic (exact) mass is 349 g/mol. The third kappa shape index (κ3) is 2.17. The summed E-state index contributed by atoms with van der Waals surface area (Å²) in [4.78, 5) is 16.5. The average molecular weight is 350 g/mol. The Hall–Kier alpha value is -1.59. The molecular formula is C15H12BrNO2S. The summed E-state index contributed by atoms with van der Waals surface area (Å²) in [6.45, 7) is 2.50. The van der Waals surface area contributed by atoms with Crippen LogP contribution in [-0.2, 0) is 0 Å². The van der Waals surface area contributed by atoms with Gasteiger partial charge in [0.05, 0.1) is 22.4 Å². The summed E-state index contributed by atoms with van der Waals surface area (Å²) in [5, 5.41) is 2.75. The van der Waals surface area contributed by atoms with Crippen LogP contribution in [0.25, 0.3) is 10.9 Å². The Morgan fingerprint density at radius 3 is 2.95 bits per heavy atom. The molecule has 20 heavy (non-hydrogen) atoms. The van der Waals surface area contributed by atoms with E-state index in [9.17, 15) is 4.79 Å². The summed E-state index contributed by atoms with van der Waals surface area (Å²) in [5.74, 6) is 0.743. The molecule has 3 aromatic rings. The maximum absolute atomic E-state index is 12.7. The normalized spacial score (nSPS) is 10.9. The lowest BCUT2D eigenvalue weighted by atomic mass is 10.1. The number of thiophene rings is 1. The number of benzene rings is 1. The van der Waals surface area contributed by atoms with Crippen LogP contribution in [0.3, 0.4) is 0 Å². The highest BCUT2D eigenvalue weighted by atomic mass is 79.9. The number of ether oxygens (including phenoxy) is 1. The van der Waals surface area contributed by atoms with Crippen LogP contribution in [0.1, 0.15) is 22.2 Å². The van der Waals surface area contributed by atoms with E-state index in [2.05, 4.69) is 20.9 Å². The first kappa shape index (κ1) is 13.4. The fourth-order valence-electron chi connectivity index (χ4n) is 2.18. The molecule has 0 bridgehead atoms. The lowest BCUT2D eigenvalue weighted by Crippen LogP contribution is -2.00. The van der Waals surface area contributed by atoms with Crippen molar-refractivity contribution in [3.63, 3.8) is 0 Å². The molecule has 0 fully saturated rings. The lowest BCUT2D eigenvalue weighted by molar-refractivity contribution is 0.104. The number of carbonyl (C=O) groups excluding carboxylic acids is 1. The zero-order valence-corrected chi connectivity index (χ0v) is 13.2. The number of nitrogens with one attached hydrogen (secondary N) is 1. The fourth-order valence-corrected chi connectivity index (χ4v) is 3.69. The highest BCUT2D eigenvalue weighted by molar-refractivity contribution is 9.10. The van der Waals surface area contributed by atoms with Gasteiger partial charge in [-0.2, -0.15) is 0 Å². The van der Waals surface area contributed by atoms with Crippen LogP contribution >= 0.6 is 27.3 Å². The molecule has 0 radical (unpaired) electrons. The van der Waals surface area contributed by atoms with E-state index < -0.39 is 0 Å². The molecule has 0 saturated carbocycles. The molecule has 5 heteroatoms. The van der Waals surface area contributed by atoms with Gasteiger partial charge in [-0.25, -0.2) is 0 Å². The largest absolute Gasteiger partial charge is 0.493 e. The van der Waals surface area contributed by atoms with Gasteiger partial charge in [-0.3, -0.25) is 4.79 Å². The molecule has 0 amide bonds. The molecule has 1 N–H and O–H groups in total.